The summed E-state index contributed by atoms with van der Waals surface area (Å²) in [5.74, 6) is -0.931. The Morgan fingerprint density at radius 3 is 2.62 bits per heavy atom. The summed E-state index contributed by atoms with van der Waals surface area (Å²) in [4.78, 5) is 38.2. The molecule has 1 saturated heterocycles. The van der Waals surface area contributed by atoms with Crippen LogP contribution in [0.5, 0.6) is 11.5 Å². The van der Waals surface area contributed by atoms with Crippen molar-refractivity contribution in [3.05, 3.63) is 28.7 Å². The summed E-state index contributed by atoms with van der Waals surface area (Å²) >= 11 is 6.14. The zero-order valence-electron chi connectivity index (χ0n) is 16.5. The van der Waals surface area contributed by atoms with Gasteiger partial charge in [0.1, 0.15) is 10.9 Å². The lowest BCUT2D eigenvalue weighted by Crippen LogP contribution is -2.35. The van der Waals surface area contributed by atoms with Gasteiger partial charge < -0.3 is 19.5 Å². The molecule has 1 fully saturated rings. The number of likely N-dealkylation sites (N-methyl/N-ethyl adjacent to an activating group) is 1. The molecule has 1 N–H and O–H groups in total. The van der Waals surface area contributed by atoms with Crippen molar-refractivity contribution < 1.29 is 29.0 Å². The van der Waals surface area contributed by atoms with E-state index in [9.17, 15) is 14.4 Å². The van der Waals surface area contributed by atoms with Gasteiger partial charge in [0.2, 0.25) is 0 Å². The topological polar surface area (TPSA) is 96.4 Å². The van der Waals surface area contributed by atoms with E-state index in [1.807, 2.05) is 6.92 Å². The molecule has 0 bridgehead atoms. The SMILES string of the molecule is CCOc1cc(/C=C2/SC(=S)N(CC(=O)O)C2=O)ccc1O[C@H](C)C(=O)N(C)C. The molecule has 8 nitrogen and oxygen atoms in total. The van der Waals surface area contributed by atoms with Gasteiger partial charge in [0, 0.05) is 14.1 Å². The molecule has 1 aliphatic heterocycles. The van der Waals surface area contributed by atoms with Gasteiger partial charge in [0.05, 0.1) is 11.5 Å². The van der Waals surface area contributed by atoms with Crippen molar-refractivity contribution in [3.63, 3.8) is 0 Å². The van der Waals surface area contributed by atoms with Crippen LogP contribution in [0, 0.1) is 0 Å². The van der Waals surface area contributed by atoms with E-state index in [1.54, 1.807) is 45.3 Å². The smallest absolute Gasteiger partial charge is 0.323 e. The fourth-order valence-electron chi connectivity index (χ4n) is 2.51. The van der Waals surface area contributed by atoms with Crippen molar-refractivity contribution in [2.24, 2.45) is 0 Å². The molecular formula is C19H22N2O6S2. The van der Waals surface area contributed by atoms with Crippen LogP contribution in [0.15, 0.2) is 23.1 Å². The first-order valence-electron chi connectivity index (χ1n) is 8.75. The van der Waals surface area contributed by atoms with Crippen molar-refractivity contribution in [1.29, 1.82) is 0 Å². The largest absolute Gasteiger partial charge is 0.490 e. The van der Waals surface area contributed by atoms with Crippen LogP contribution in [0.2, 0.25) is 0 Å². The fourth-order valence-corrected chi connectivity index (χ4v) is 3.76. The molecule has 1 heterocycles. The Balaban J connectivity index is 2.27. The van der Waals surface area contributed by atoms with Crippen LogP contribution in [0.1, 0.15) is 19.4 Å². The monoisotopic (exact) mass is 438 g/mol. The number of ether oxygens (including phenoxy) is 2. The first kappa shape index (κ1) is 22.7. The van der Waals surface area contributed by atoms with Crippen molar-refractivity contribution >= 4 is 52.2 Å². The Labute approximate surface area is 178 Å². The molecule has 0 unspecified atom stereocenters. The molecule has 0 aromatic heterocycles. The molecule has 1 atom stereocenters. The van der Waals surface area contributed by atoms with Gasteiger partial charge in [-0.05, 0) is 37.6 Å². The van der Waals surface area contributed by atoms with E-state index < -0.39 is 24.5 Å². The molecule has 0 saturated carbocycles. The number of amides is 2. The highest BCUT2D eigenvalue weighted by molar-refractivity contribution is 8.26. The van der Waals surface area contributed by atoms with Gasteiger partial charge >= 0.3 is 5.97 Å². The Morgan fingerprint density at radius 2 is 2.03 bits per heavy atom. The highest BCUT2D eigenvalue weighted by Crippen LogP contribution is 2.35. The number of thiocarbonyl (C=S) groups is 1. The van der Waals surface area contributed by atoms with Crippen LogP contribution in [0.4, 0.5) is 0 Å². The number of hydrogen-bond donors (Lipinski definition) is 1. The zero-order valence-corrected chi connectivity index (χ0v) is 18.1. The molecule has 0 radical (unpaired) electrons. The Morgan fingerprint density at radius 1 is 1.34 bits per heavy atom. The lowest BCUT2D eigenvalue weighted by molar-refractivity contribution is -0.140. The number of aliphatic carboxylic acids is 1. The average Bonchev–Trinajstić information content (AvgIpc) is 2.90. The molecule has 29 heavy (non-hydrogen) atoms. The normalized spacial score (nSPS) is 16.1. The minimum Gasteiger partial charge on any atom is -0.490 e. The van der Waals surface area contributed by atoms with Crippen molar-refractivity contribution in [2.75, 3.05) is 27.2 Å². The van der Waals surface area contributed by atoms with Crippen molar-refractivity contribution in [3.8, 4) is 11.5 Å². The van der Waals surface area contributed by atoms with E-state index >= 15 is 0 Å². The third-order valence-corrected chi connectivity index (χ3v) is 5.20. The van der Waals surface area contributed by atoms with Gasteiger partial charge in [0.15, 0.2) is 17.6 Å². The molecule has 0 spiro atoms. The quantitative estimate of drug-likeness (QED) is 0.488. The predicted octanol–water partition coefficient (Wildman–Crippen LogP) is 2.23. The van der Waals surface area contributed by atoms with Crippen LogP contribution in [-0.2, 0) is 14.4 Å². The van der Waals surface area contributed by atoms with E-state index in [4.69, 9.17) is 26.8 Å². The van der Waals surface area contributed by atoms with Gasteiger partial charge in [0.25, 0.3) is 11.8 Å². The number of hydrogen-bond acceptors (Lipinski definition) is 7. The van der Waals surface area contributed by atoms with Gasteiger partial charge in [-0.3, -0.25) is 19.3 Å². The van der Waals surface area contributed by atoms with Crippen LogP contribution in [0.25, 0.3) is 6.08 Å². The number of rotatable bonds is 8. The van der Waals surface area contributed by atoms with Crippen LogP contribution < -0.4 is 9.47 Å². The molecule has 1 aliphatic rings. The van der Waals surface area contributed by atoms with Crippen LogP contribution >= 0.6 is 24.0 Å². The summed E-state index contributed by atoms with van der Waals surface area (Å²) in [6, 6.07) is 5.07. The van der Waals surface area contributed by atoms with E-state index in [2.05, 4.69) is 0 Å². The van der Waals surface area contributed by atoms with Crippen LogP contribution in [-0.4, -0.2) is 70.4 Å². The molecule has 2 rings (SSSR count). The maximum atomic E-state index is 12.4. The maximum Gasteiger partial charge on any atom is 0.323 e. The van der Waals surface area contributed by atoms with Crippen molar-refractivity contribution in [1.82, 2.24) is 9.80 Å². The van der Waals surface area contributed by atoms with Gasteiger partial charge in [-0.15, -0.1) is 0 Å². The Kier molecular flexibility index (Phi) is 7.63. The second-order valence-electron chi connectivity index (χ2n) is 6.29. The second-order valence-corrected chi connectivity index (χ2v) is 7.97. The molecular weight excluding hydrogens is 416 g/mol. The van der Waals surface area contributed by atoms with E-state index in [0.29, 0.717) is 28.6 Å². The number of nitrogens with zero attached hydrogens (tertiary/aromatic N) is 2. The number of carbonyl (C=O) groups excluding carboxylic acids is 2. The second kappa shape index (κ2) is 9.75. The molecule has 0 aliphatic carbocycles. The lowest BCUT2D eigenvalue weighted by Gasteiger charge is -2.20. The molecule has 1 aromatic rings. The Bertz CT molecular complexity index is 868. The van der Waals surface area contributed by atoms with E-state index in [1.165, 1.54) is 4.90 Å². The predicted molar refractivity (Wildman–Crippen MR) is 114 cm³/mol. The highest BCUT2D eigenvalue weighted by Gasteiger charge is 2.33. The number of benzene rings is 1. The summed E-state index contributed by atoms with van der Waals surface area (Å²) in [7, 11) is 3.30. The summed E-state index contributed by atoms with van der Waals surface area (Å²) < 4.78 is 11.6. The fraction of sp³-hybridized carbons (Fsp3) is 0.368. The molecule has 2 amide bonds. The molecule has 10 heteroatoms. The van der Waals surface area contributed by atoms with Gasteiger partial charge in [-0.25, -0.2) is 0 Å². The summed E-state index contributed by atoms with van der Waals surface area (Å²) in [6.07, 6.45) is 0.921. The van der Waals surface area contributed by atoms with Crippen molar-refractivity contribution in [2.45, 2.75) is 20.0 Å². The molecule has 156 valence electrons. The number of carbonyl (C=O) groups is 3. The third kappa shape index (κ3) is 5.70. The van der Waals surface area contributed by atoms with Crippen LogP contribution in [0.3, 0.4) is 0 Å². The average molecular weight is 439 g/mol. The summed E-state index contributed by atoms with van der Waals surface area (Å²) in [5, 5.41) is 8.92. The minimum absolute atomic E-state index is 0.182. The van der Waals surface area contributed by atoms with Gasteiger partial charge in [-0.1, -0.05) is 30.0 Å². The first-order valence-corrected chi connectivity index (χ1v) is 9.98. The maximum absolute atomic E-state index is 12.4. The lowest BCUT2D eigenvalue weighted by atomic mass is 10.1. The Hall–Kier alpha value is -2.59. The minimum atomic E-state index is -1.14. The number of carboxylic acid groups (broad SMARTS) is 1. The number of carboxylic acids is 1. The standard InChI is InChI=1S/C19H22N2O6S2/c1-5-26-14-8-12(6-7-13(14)27-11(2)17(24)20(3)4)9-15-18(25)21(10-16(22)23)19(28)29-15/h6-9,11H,5,10H2,1-4H3,(H,22,23)/b15-9+/t11-/m1/s1. The summed E-state index contributed by atoms with van der Waals surface area (Å²) in [6.45, 7) is 3.38. The molecule has 1 aromatic carbocycles. The highest BCUT2D eigenvalue weighted by atomic mass is 32.2. The number of thioether (sulfide) groups is 1. The summed E-state index contributed by atoms with van der Waals surface area (Å²) in [5.41, 5.74) is 0.656. The first-order chi connectivity index (χ1) is 13.6. The zero-order chi connectivity index (χ0) is 21.7. The van der Waals surface area contributed by atoms with E-state index in [-0.39, 0.29) is 10.2 Å². The van der Waals surface area contributed by atoms with Gasteiger partial charge in [-0.2, -0.15) is 0 Å². The third-order valence-electron chi connectivity index (χ3n) is 3.82. The van der Waals surface area contributed by atoms with E-state index in [0.717, 1.165) is 16.7 Å².